The molecule has 0 bridgehead atoms. The van der Waals surface area contributed by atoms with Crippen molar-refractivity contribution in [3.05, 3.63) is 101 Å². The van der Waals surface area contributed by atoms with Crippen LogP contribution < -0.4 is 10.6 Å². The van der Waals surface area contributed by atoms with Gasteiger partial charge in [-0.2, -0.15) is 0 Å². The number of amides is 3. The van der Waals surface area contributed by atoms with E-state index in [9.17, 15) is 14.4 Å². The lowest BCUT2D eigenvalue weighted by atomic mass is 9.87. The number of terminal acetylenes is 1. The van der Waals surface area contributed by atoms with E-state index < -0.39 is 23.8 Å². The Kier molecular flexibility index (Phi) is 9.69. The number of nitrogens with one attached hydrogen (secondary N) is 2. The monoisotopic (exact) mass is 565 g/mol. The molecule has 2 atom stereocenters. The molecule has 7 nitrogen and oxygen atoms in total. The number of rotatable bonds is 9. The molecule has 3 amide bonds. The van der Waals surface area contributed by atoms with Gasteiger partial charge < -0.3 is 20.3 Å². The molecule has 0 saturated heterocycles. The molecule has 0 aromatic heterocycles. The normalized spacial score (nSPS) is 14.5. The van der Waals surface area contributed by atoms with Crippen molar-refractivity contribution in [3.63, 3.8) is 0 Å². The van der Waals surface area contributed by atoms with E-state index in [2.05, 4.69) is 16.6 Å². The van der Waals surface area contributed by atoms with E-state index >= 15 is 0 Å². The lowest BCUT2D eigenvalue weighted by Gasteiger charge is -2.43. The van der Waals surface area contributed by atoms with Crippen LogP contribution in [0.3, 0.4) is 0 Å². The fourth-order valence-corrected chi connectivity index (χ4v) is 4.98. The highest BCUT2D eigenvalue weighted by Crippen LogP contribution is 2.35. The molecule has 0 spiro atoms. The summed E-state index contributed by atoms with van der Waals surface area (Å²) >= 11 is 0. The minimum Gasteiger partial charge on any atom is -0.444 e. The van der Waals surface area contributed by atoms with E-state index in [-0.39, 0.29) is 24.3 Å². The van der Waals surface area contributed by atoms with Gasteiger partial charge in [0.05, 0.1) is 0 Å². The van der Waals surface area contributed by atoms with Crippen molar-refractivity contribution >= 4 is 23.6 Å². The van der Waals surface area contributed by atoms with Gasteiger partial charge >= 0.3 is 6.09 Å². The topological polar surface area (TPSA) is 87.7 Å². The Hall–Kier alpha value is -4.57. The molecule has 3 aromatic rings. The van der Waals surface area contributed by atoms with Gasteiger partial charge in [-0.1, -0.05) is 66.6 Å². The first-order valence-corrected chi connectivity index (χ1v) is 14.3. The minimum absolute atomic E-state index is 0.170. The van der Waals surface area contributed by atoms with Crippen molar-refractivity contribution < 1.29 is 19.1 Å². The van der Waals surface area contributed by atoms with Gasteiger partial charge in [-0.25, -0.2) is 4.79 Å². The molecule has 1 fully saturated rings. The van der Waals surface area contributed by atoms with E-state index in [4.69, 9.17) is 11.2 Å². The van der Waals surface area contributed by atoms with Crippen molar-refractivity contribution in [3.8, 4) is 12.3 Å². The third kappa shape index (κ3) is 7.79. The van der Waals surface area contributed by atoms with E-state index in [1.54, 1.807) is 49.9 Å². The number of hydrogen-bond acceptors (Lipinski definition) is 4. The van der Waals surface area contributed by atoms with Crippen molar-refractivity contribution in [2.45, 2.75) is 77.1 Å². The second-order valence-corrected chi connectivity index (χ2v) is 11.7. The van der Waals surface area contributed by atoms with Crippen LogP contribution in [0.2, 0.25) is 0 Å². The number of hydrogen-bond donors (Lipinski definition) is 2. The van der Waals surface area contributed by atoms with Gasteiger partial charge in [0.1, 0.15) is 17.7 Å². The summed E-state index contributed by atoms with van der Waals surface area (Å²) in [5.74, 6) is 1.92. The lowest BCUT2D eigenvalue weighted by Crippen LogP contribution is -2.57. The van der Waals surface area contributed by atoms with Gasteiger partial charge in [0.2, 0.25) is 5.91 Å². The summed E-state index contributed by atoms with van der Waals surface area (Å²) in [6, 6.07) is 22.1. The Morgan fingerprint density at radius 2 is 1.62 bits per heavy atom. The first-order valence-electron chi connectivity index (χ1n) is 14.3. The highest BCUT2D eigenvalue weighted by molar-refractivity contribution is 5.99. The lowest BCUT2D eigenvalue weighted by molar-refractivity contribution is -0.145. The molecule has 218 valence electrons. The maximum Gasteiger partial charge on any atom is 0.408 e. The Morgan fingerprint density at radius 1 is 0.976 bits per heavy atom. The average molecular weight is 566 g/mol. The number of carbonyl (C=O) groups excluding carboxylic acids is 3. The second-order valence-electron chi connectivity index (χ2n) is 11.7. The van der Waals surface area contributed by atoms with Crippen LogP contribution in [0.4, 0.5) is 10.5 Å². The first-order chi connectivity index (χ1) is 20.1. The SMILES string of the molecule is C#Cc1ccc(C(C(=O)Nc2ccccc2C)N(C(=O)C(Cc2ccccc2)NC(=O)OC(C)(C)C)C2CCC2)cc1. The maximum absolute atomic E-state index is 14.6. The summed E-state index contributed by atoms with van der Waals surface area (Å²) in [6.45, 7) is 7.23. The maximum atomic E-state index is 14.6. The Bertz CT molecular complexity index is 1430. The number of alkyl carbamates (subject to hydrolysis) is 1. The van der Waals surface area contributed by atoms with Crippen LogP contribution in [0.5, 0.6) is 0 Å². The Morgan fingerprint density at radius 3 is 2.19 bits per heavy atom. The van der Waals surface area contributed by atoms with Crippen molar-refractivity contribution in [2.75, 3.05) is 5.32 Å². The summed E-state index contributed by atoms with van der Waals surface area (Å²) in [7, 11) is 0. The van der Waals surface area contributed by atoms with E-state index in [0.29, 0.717) is 16.8 Å². The predicted octanol–water partition coefficient (Wildman–Crippen LogP) is 6.17. The van der Waals surface area contributed by atoms with Crippen LogP contribution in [0.1, 0.15) is 68.3 Å². The number of anilines is 1. The van der Waals surface area contributed by atoms with Crippen LogP contribution >= 0.6 is 0 Å². The summed E-state index contributed by atoms with van der Waals surface area (Å²) < 4.78 is 5.53. The number of nitrogens with zero attached hydrogens (tertiary/aromatic N) is 1. The van der Waals surface area contributed by atoms with E-state index in [0.717, 1.165) is 30.4 Å². The molecule has 1 aliphatic carbocycles. The zero-order valence-electron chi connectivity index (χ0n) is 24.7. The summed E-state index contributed by atoms with van der Waals surface area (Å²) in [5, 5.41) is 5.87. The molecule has 42 heavy (non-hydrogen) atoms. The zero-order valence-corrected chi connectivity index (χ0v) is 24.7. The fraction of sp³-hybridized carbons (Fsp3) is 0.343. The predicted molar refractivity (Wildman–Crippen MR) is 165 cm³/mol. The quantitative estimate of drug-likeness (QED) is 0.304. The van der Waals surface area contributed by atoms with Crippen molar-refractivity contribution in [1.29, 1.82) is 0 Å². The van der Waals surface area contributed by atoms with Gasteiger partial charge in [0, 0.05) is 23.7 Å². The van der Waals surface area contributed by atoms with Crippen LogP contribution in [0.15, 0.2) is 78.9 Å². The third-order valence-corrected chi connectivity index (χ3v) is 7.32. The number of ether oxygens (including phenoxy) is 1. The number of benzene rings is 3. The molecule has 0 heterocycles. The zero-order chi connectivity index (χ0) is 30.3. The summed E-state index contributed by atoms with van der Waals surface area (Å²) in [4.78, 5) is 43.4. The molecule has 1 saturated carbocycles. The first kappa shape index (κ1) is 30.4. The second kappa shape index (κ2) is 13.4. The average Bonchev–Trinajstić information content (AvgIpc) is 2.92. The summed E-state index contributed by atoms with van der Waals surface area (Å²) in [6.07, 6.45) is 7.61. The molecule has 0 radical (unpaired) electrons. The minimum atomic E-state index is -0.957. The standard InChI is InChI=1S/C35H39N3O4/c1-6-25-19-21-27(22-20-25)31(32(39)36-29-18-11-10-13-24(29)2)38(28-16-12-17-28)33(40)30(23-26-14-8-7-9-15-26)37-34(41)42-35(3,4)5/h1,7-11,13-15,18-22,28,30-31H,12,16-17,23H2,2-5H3,(H,36,39)(H,37,41). The van der Waals surface area contributed by atoms with Gasteiger partial charge in [-0.3, -0.25) is 9.59 Å². The molecule has 2 N–H and O–H groups in total. The molecular weight excluding hydrogens is 526 g/mol. The van der Waals surface area contributed by atoms with Gasteiger partial charge in [-0.05, 0) is 81.8 Å². The smallest absolute Gasteiger partial charge is 0.408 e. The van der Waals surface area contributed by atoms with Crippen LogP contribution in [-0.4, -0.2) is 40.5 Å². The Labute approximate surface area is 248 Å². The van der Waals surface area contributed by atoms with E-state index in [1.165, 1.54) is 0 Å². The largest absolute Gasteiger partial charge is 0.444 e. The molecule has 0 aliphatic heterocycles. The van der Waals surface area contributed by atoms with Crippen LogP contribution in [0.25, 0.3) is 0 Å². The van der Waals surface area contributed by atoms with Crippen LogP contribution in [0, 0.1) is 19.3 Å². The summed E-state index contributed by atoms with van der Waals surface area (Å²) in [5.41, 5.74) is 3.01. The fourth-order valence-electron chi connectivity index (χ4n) is 4.98. The third-order valence-electron chi connectivity index (χ3n) is 7.32. The molecule has 4 rings (SSSR count). The van der Waals surface area contributed by atoms with Gasteiger partial charge in [0.25, 0.3) is 5.91 Å². The van der Waals surface area contributed by atoms with Crippen LogP contribution in [-0.2, 0) is 20.7 Å². The highest BCUT2D eigenvalue weighted by Gasteiger charge is 2.42. The number of aryl methyl sites for hydroxylation is 1. The van der Waals surface area contributed by atoms with Gasteiger partial charge in [0.15, 0.2) is 0 Å². The molecule has 7 heteroatoms. The molecular formula is C35H39N3O4. The van der Waals surface area contributed by atoms with Crippen molar-refractivity contribution in [1.82, 2.24) is 10.2 Å². The van der Waals surface area contributed by atoms with Crippen molar-refractivity contribution in [2.24, 2.45) is 0 Å². The number of para-hydroxylation sites is 1. The Balaban J connectivity index is 1.75. The molecule has 3 aromatic carbocycles. The van der Waals surface area contributed by atoms with Gasteiger partial charge in [-0.15, -0.1) is 6.42 Å². The van der Waals surface area contributed by atoms with E-state index in [1.807, 2.05) is 61.5 Å². The molecule has 1 aliphatic rings. The molecule has 2 unspecified atom stereocenters. The number of carbonyl (C=O) groups is 3. The highest BCUT2D eigenvalue weighted by atomic mass is 16.6.